The summed E-state index contributed by atoms with van der Waals surface area (Å²) in [5.41, 5.74) is 1.98. The summed E-state index contributed by atoms with van der Waals surface area (Å²) in [4.78, 5) is 24.2. The number of carbonyl (C=O) groups excluding carboxylic acids is 2. The van der Waals surface area contributed by atoms with Crippen molar-refractivity contribution in [2.24, 2.45) is 0 Å². The molecule has 0 aliphatic carbocycles. The maximum Gasteiger partial charge on any atom is 0.253 e. The first-order valence-corrected chi connectivity index (χ1v) is 9.14. The Morgan fingerprint density at radius 2 is 1.69 bits per heavy atom. The second kappa shape index (κ2) is 10.8. The Bertz CT molecular complexity index is 854. The number of carbonyl (C=O) groups is 2. The summed E-state index contributed by atoms with van der Waals surface area (Å²) in [7, 11) is 6.26. The van der Waals surface area contributed by atoms with Gasteiger partial charge in [-0.3, -0.25) is 9.59 Å². The van der Waals surface area contributed by atoms with Gasteiger partial charge in [0.25, 0.3) is 5.91 Å². The Labute approximate surface area is 170 Å². The maximum atomic E-state index is 12.2. The summed E-state index contributed by atoms with van der Waals surface area (Å²) >= 11 is 0. The third-order valence-electron chi connectivity index (χ3n) is 4.32. The maximum absolute atomic E-state index is 12.2. The summed E-state index contributed by atoms with van der Waals surface area (Å²) in [5, 5.41) is 8.43. The predicted molar refractivity (Wildman–Crippen MR) is 111 cm³/mol. The van der Waals surface area contributed by atoms with Crippen LogP contribution >= 0.6 is 0 Å². The third-order valence-corrected chi connectivity index (χ3v) is 4.32. The minimum absolute atomic E-state index is 0.0308. The van der Waals surface area contributed by atoms with Gasteiger partial charge in [-0.1, -0.05) is 6.07 Å². The highest BCUT2D eigenvalue weighted by Gasteiger charge is 2.12. The van der Waals surface area contributed by atoms with Crippen molar-refractivity contribution in [1.29, 1.82) is 0 Å². The van der Waals surface area contributed by atoms with Gasteiger partial charge in [-0.25, -0.2) is 0 Å². The van der Waals surface area contributed by atoms with E-state index >= 15 is 0 Å². The van der Waals surface area contributed by atoms with E-state index in [9.17, 15) is 9.59 Å². The fourth-order valence-electron chi connectivity index (χ4n) is 2.75. The smallest absolute Gasteiger partial charge is 0.253 e. The molecule has 0 aliphatic heterocycles. The van der Waals surface area contributed by atoms with Crippen LogP contribution in [0, 0.1) is 0 Å². The quantitative estimate of drug-likeness (QED) is 0.562. The second-order valence-electron chi connectivity index (χ2n) is 6.13. The Hall–Kier alpha value is -3.42. The number of amides is 2. The molecule has 29 heavy (non-hydrogen) atoms. The van der Waals surface area contributed by atoms with Crippen molar-refractivity contribution < 1.29 is 23.8 Å². The van der Waals surface area contributed by atoms with E-state index in [2.05, 4.69) is 16.0 Å². The van der Waals surface area contributed by atoms with E-state index in [0.29, 0.717) is 41.5 Å². The molecule has 8 heteroatoms. The van der Waals surface area contributed by atoms with Crippen LogP contribution in [0.5, 0.6) is 17.2 Å². The summed E-state index contributed by atoms with van der Waals surface area (Å²) in [6.07, 6.45) is 0.648. The van der Waals surface area contributed by atoms with E-state index in [4.69, 9.17) is 14.2 Å². The van der Waals surface area contributed by atoms with Crippen LogP contribution < -0.4 is 30.2 Å². The fourth-order valence-corrected chi connectivity index (χ4v) is 2.75. The van der Waals surface area contributed by atoms with Gasteiger partial charge in [0.05, 0.1) is 39.1 Å². The SMILES string of the molecule is CNC(=O)c1ccc(OC)cc1NCC(=O)NCCc1ccc(OC)c(OC)c1. The normalized spacial score (nSPS) is 10.1. The van der Waals surface area contributed by atoms with Gasteiger partial charge in [-0.15, -0.1) is 0 Å². The number of hydrogen-bond donors (Lipinski definition) is 3. The van der Waals surface area contributed by atoms with Gasteiger partial charge in [0.2, 0.25) is 5.91 Å². The van der Waals surface area contributed by atoms with Crippen LogP contribution in [0.1, 0.15) is 15.9 Å². The van der Waals surface area contributed by atoms with Crippen molar-refractivity contribution in [1.82, 2.24) is 10.6 Å². The van der Waals surface area contributed by atoms with Gasteiger partial charge in [0, 0.05) is 19.7 Å². The number of anilines is 1. The standard InChI is InChI=1S/C21H27N3O5/c1-22-21(26)16-7-6-15(27-2)12-17(16)24-13-20(25)23-10-9-14-5-8-18(28-3)19(11-14)29-4/h5-8,11-12,24H,9-10,13H2,1-4H3,(H,22,26)(H,23,25). The molecule has 2 rings (SSSR count). The highest BCUT2D eigenvalue weighted by molar-refractivity contribution is 6.00. The van der Waals surface area contributed by atoms with Crippen LogP contribution in [0.25, 0.3) is 0 Å². The van der Waals surface area contributed by atoms with Crippen LogP contribution in [0.3, 0.4) is 0 Å². The van der Waals surface area contributed by atoms with Crippen molar-refractivity contribution in [3.63, 3.8) is 0 Å². The predicted octanol–water partition coefficient (Wildman–Crippen LogP) is 1.84. The van der Waals surface area contributed by atoms with E-state index in [0.717, 1.165) is 5.56 Å². The molecule has 0 fully saturated rings. The molecule has 0 saturated heterocycles. The molecule has 8 nitrogen and oxygen atoms in total. The van der Waals surface area contributed by atoms with Crippen LogP contribution in [-0.2, 0) is 11.2 Å². The molecule has 3 N–H and O–H groups in total. The molecule has 0 aromatic heterocycles. The van der Waals surface area contributed by atoms with Crippen LogP contribution in [0.15, 0.2) is 36.4 Å². The number of benzene rings is 2. The van der Waals surface area contributed by atoms with Gasteiger partial charge in [0.15, 0.2) is 11.5 Å². The Morgan fingerprint density at radius 1 is 0.931 bits per heavy atom. The lowest BCUT2D eigenvalue weighted by molar-refractivity contribution is -0.119. The van der Waals surface area contributed by atoms with Gasteiger partial charge >= 0.3 is 0 Å². The van der Waals surface area contributed by atoms with E-state index < -0.39 is 0 Å². The number of ether oxygens (including phenoxy) is 3. The lowest BCUT2D eigenvalue weighted by Gasteiger charge is -2.13. The molecule has 2 aromatic carbocycles. The van der Waals surface area contributed by atoms with Crippen molar-refractivity contribution in [3.05, 3.63) is 47.5 Å². The van der Waals surface area contributed by atoms with E-state index in [1.165, 1.54) is 0 Å². The first kappa shape index (κ1) is 21.9. The summed E-state index contributed by atoms with van der Waals surface area (Å²) < 4.78 is 15.7. The van der Waals surface area contributed by atoms with Gasteiger partial charge in [-0.05, 0) is 36.2 Å². The number of hydrogen-bond acceptors (Lipinski definition) is 6. The van der Waals surface area contributed by atoms with Gasteiger partial charge < -0.3 is 30.2 Å². The van der Waals surface area contributed by atoms with Gasteiger partial charge in [-0.2, -0.15) is 0 Å². The first-order valence-electron chi connectivity index (χ1n) is 9.14. The van der Waals surface area contributed by atoms with Crippen molar-refractivity contribution in [2.45, 2.75) is 6.42 Å². The molecule has 156 valence electrons. The van der Waals surface area contributed by atoms with Crippen molar-refractivity contribution in [3.8, 4) is 17.2 Å². The van der Waals surface area contributed by atoms with Gasteiger partial charge in [0.1, 0.15) is 5.75 Å². The third kappa shape index (κ3) is 6.03. The fraction of sp³-hybridized carbons (Fsp3) is 0.333. The highest BCUT2D eigenvalue weighted by atomic mass is 16.5. The van der Waals surface area contributed by atoms with E-state index in [1.54, 1.807) is 46.6 Å². The molecule has 0 spiro atoms. The zero-order valence-electron chi connectivity index (χ0n) is 17.1. The molecule has 0 aliphatic rings. The Kier molecular flexibility index (Phi) is 8.14. The molecule has 0 bridgehead atoms. The molecule has 0 unspecified atom stereocenters. The van der Waals surface area contributed by atoms with Crippen molar-refractivity contribution in [2.75, 3.05) is 46.8 Å². The lowest BCUT2D eigenvalue weighted by atomic mass is 10.1. The zero-order chi connectivity index (χ0) is 21.2. The Morgan fingerprint density at radius 3 is 2.34 bits per heavy atom. The summed E-state index contributed by atoms with van der Waals surface area (Å²) in [5.74, 6) is 1.47. The molecular formula is C21H27N3O5. The average Bonchev–Trinajstić information content (AvgIpc) is 2.76. The van der Waals surface area contributed by atoms with E-state index in [1.807, 2.05) is 18.2 Å². The minimum atomic E-state index is -0.246. The molecule has 0 radical (unpaired) electrons. The molecule has 0 saturated carbocycles. The Balaban J connectivity index is 1.90. The van der Waals surface area contributed by atoms with Crippen molar-refractivity contribution >= 4 is 17.5 Å². The number of rotatable bonds is 10. The average molecular weight is 401 g/mol. The molecular weight excluding hydrogens is 374 g/mol. The number of methoxy groups -OCH3 is 3. The van der Waals surface area contributed by atoms with Crippen LogP contribution in [0.2, 0.25) is 0 Å². The van der Waals surface area contributed by atoms with Crippen LogP contribution in [-0.4, -0.2) is 53.3 Å². The van der Waals surface area contributed by atoms with Crippen LogP contribution in [0.4, 0.5) is 5.69 Å². The minimum Gasteiger partial charge on any atom is -0.497 e. The lowest BCUT2D eigenvalue weighted by Crippen LogP contribution is -2.32. The topological polar surface area (TPSA) is 97.9 Å². The molecule has 0 atom stereocenters. The molecule has 2 aromatic rings. The monoisotopic (exact) mass is 401 g/mol. The first-order chi connectivity index (χ1) is 14.0. The molecule has 0 heterocycles. The molecule has 2 amide bonds. The highest BCUT2D eigenvalue weighted by Crippen LogP contribution is 2.27. The largest absolute Gasteiger partial charge is 0.497 e. The zero-order valence-corrected chi connectivity index (χ0v) is 17.1. The summed E-state index contributed by atoms with van der Waals surface area (Å²) in [6, 6.07) is 10.7. The number of nitrogens with one attached hydrogen (secondary N) is 3. The second-order valence-corrected chi connectivity index (χ2v) is 6.13. The van der Waals surface area contributed by atoms with E-state index in [-0.39, 0.29) is 18.4 Å². The summed E-state index contributed by atoms with van der Waals surface area (Å²) in [6.45, 7) is 0.500.